The van der Waals surface area contributed by atoms with Crippen LogP contribution < -0.4 is 9.47 Å². The third kappa shape index (κ3) is 4.52. The van der Waals surface area contributed by atoms with Crippen LogP contribution >= 0.6 is 0 Å². The van der Waals surface area contributed by atoms with Crippen LogP contribution in [0.15, 0.2) is 42.9 Å². The third-order valence-corrected chi connectivity index (χ3v) is 4.90. The van der Waals surface area contributed by atoms with Crippen LogP contribution in [0.3, 0.4) is 0 Å². The first kappa shape index (κ1) is 22.3. The van der Waals surface area contributed by atoms with E-state index in [1.54, 1.807) is 26.0 Å². The molecule has 0 bridgehead atoms. The maximum Gasteiger partial charge on any atom is 0.387 e. The van der Waals surface area contributed by atoms with Crippen molar-refractivity contribution in [1.29, 1.82) is 0 Å². The highest BCUT2D eigenvalue weighted by atomic mass is 19.3. The number of alkyl halides is 4. The lowest BCUT2D eigenvalue weighted by Gasteiger charge is -2.10. The normalized spacial score (nSPS) is 11.5. The fourth-order valence-corrected chi connectivity index (χ4v) is 3.55. The fourth-order valence-electron chi connectivity index (χ4n) is 3.55. The van der Waals surface area contributed by atoms with Crippen molar-refractivity contribution in [3.05, 3.63) is 54.1 Å². The molecule has 0 saturated heterocycles. The molecule has 4 heterocycles. The Hall–Kier alpha value is -3.89. The third-order valence-electron chi connectivity index (χ3n) is 4.90. The van der Waals surface area contributed by atoms with Crippen LogP contribution in [0.25, 0.3) is 27.8 Å². The van der Waals surface area contributed by atoms with Crippen molar-refractivity contribution >= 4 is 10.9 Å². The minimum atomic E-state index is -2.98. The summed E-state index contributed by atoms with van der Waals surface area (Å²) in [6.45, 7) is -0.287. The molecule has 0 aliphatic heterocycles. The molecule has 0 aliphatic rings. The molecule has 7 nitrogen and oxygen atoms in total. The van der Waals surface area contributed by atoms with E-state index < -0.39 is 19.6 Å². The summed E-state index contributed by atoms with van der Waals surface area (Å²) in [5.41, 5.74) is 3.05. The molecule has 4 aromatic heterocycles. The number of aryl methyl sites for hydroxylation is 2. The Morgan fingerprint density at radius 3 is 2.61 bits per heavy atom. The number of hydrogen-bond acceptors (Lipinski definition) is 6. The minimum Gasteiger partial charge on any atom is -0.494 e. The summed E-state index contributed by atoms with van der Waals surface area (Å²) in [7, 11) is 0. The molecular formula is C22H18F4N4O3. The van der Waals surface area contributed by atoms with Crippen LogP contribution in [-0.2, 0) is 0 Å². The lowest BCUT2D eigenvalue weighted by molar-refractivity contribution is -0.0500. The van der Waals surface area contributed by atoms with Gasteiger partial charge in [-0.2, -0.15) is 8.78 Å². The van der Waals surface area contributed by atoms with Crippen molar-refractivity contribution < 1.29 is 32.1 Å². The Kier molecular flexibility index (Phi) is 6.03. The van der Waals surface area contributed by atoms with Crippen LogP contribution in [-0.4, -0.2) is 44.3 Å². The van der Waals surface area contributed by atoms with Crippen molar-refractivity contribution in [2.75, 3.05) is 6.61 Å². The molecule has 0 saturated carbocycles. The number of nitrogens with zero attached hydrogens (tertiary/aromatic N) is 4. The van der Waals surface area contributed by atoms with E-state index in [9.17, 15) is 22.7 Å². The quantitative estimate of drug-likeness (QED) is 0.387. The lowest BCUT2D eigenvalue weighted by atomic mass is 10.1. The van der Waals surface area contributed by atoms with E-state index in [0.717, 1.165) is 0 Å². The second-order valence-electron chi connectivity index (χ2n) is 7.13. The summed E-state index contributed by atoms with van der Waals surface area (Å²) in [6, 6.07) is 6.11. The smallest absolute Gasteiger partial charge is 0.387 e. The minimum absolute atomic E-state index is 0.0170. The van der Waals surface area contributed by atoms with E-state index in [-0.39, 0.29) is 17.5 Å². The van der Waals surface area contributed by atoms with Gasteiger partial charge in [0.25, 0.3) is 6.43 Å². The van der Waals surface area contributed by atoms with Gasteiger partial charge in [-0.3, -0.25) is 9.55 Å². The second kappa shape index (κ2) is 8.93. The molecule has 172 valence electrons. The van der Waals surface area contributed by atoms with Crippen LogP contribution in [0.5, 0.6) is 17.5 Å². The summed E-state index contributed by atoms with van der Waals surface area (Å²) in [4.78, 5) is 12.4. The molecule has 33 heavy (non-hydrogen) atoms. The van der Waals surface area contributed by atoms with Crippen molar-refractivity contribution in [1.82, 2.24) is 19.5 Å². The highest BCUT2D eigenvalue weighted by Gasteiger charge is 2.20. The highest BCUT2D eigenvalue weighted by molar-refractivity contribution is 5.93. The van der Waals surface area contributed by atoms with Gasteiger partial charge in [0.15, 0.2) is 6.61 Å². The second-order valence-corrected chi connectivity index (χ2v) is 7.13. The van der Waals surface area contributed by atoms with Gasteiger partial charge in [0, 0.05) is 29.7 Å². The standard InChI is InChI=1S/C22H18F4N4O3/c1-11-5-16(13-6-15(9-27-8-13)33-22(25)26)29-20-12(2)30(21(31)19(11)20)14-3-4-28-18(7-14)32-10-17(23)24/h3-9,17,22,31H,10H2,1-2H3. The van der Waals surface area contributed by atoms with Gasteiger partial charge < -0.3 is 14.6 Å². The molecular weight excluding hydrogens is 444 g/mol. The SMILES string of the molecule is Cc1cc(-c2cncc(OC(F)F)c2)nc2c(C)n(-c3ccnc(OCC(F)F)c3)c(O)c12. The van der Waals surface area contributed by atoms with E-state index in [1.165, 1.54) is 35.3 Å². The summed E-state index contributed by atoms with van der Waals surface area (Å²) in [5.74, 6) is -0.220. The largest absolute Gasteiger partial charge is 0.494 e. The molecule has 0 unspecified atom stereocenters. The van der Waals surface area contributed by atoms with E-state index in [4.69, 9.17) is 4.74 Å². The fraction of sp³-hybridized carbons (Fsp3) is 0.227. The maximum absolute atomic E-state index is 12.6. The number of fused-ring (bicyclic) bond motifs is 1. The van der Waals surface area contributed by atoms with Gasteiger partial charge in [-0.25, -0.2) is 18.7 Å². The number of pyridine rings is 3. The molecule has 0 fully saturated rings. The maximum atomic E-state index is 12.6. The first-order valence-electron chi connectivity index (χ1n) is 9.73. The highest BCUT2D eigenvalue weighted by Crippen LogP contribution is 2.37. The van der Waals surface area contributed by atoms with Gasteiger partial charge in [-0.05, 0) is 37.6 Å². The molecule has 0 radical (unpaired) electrons. The molecule has 0 aliphatic carbocycles. The number of hydrogen-bond donors (Lipinski definition) is 1. The molecule has 0 aromatic carbocycles. The average molecular weight is 462 g/mol. The molecule has 0 spiro atoms. The van der Waals surface area contributed by atoms with E-state index in [0.29, 0.717) is 39.1 Å². The molecule has 4 rings (SSSR count). The van der Waals surface area contributed by atoms with Gasteiger partial charge in [0.2, 0.25) is 11.8 Å². The molecule has 4 aromatic rings. The number of aromatic nitrogens is 4. The summed E-state index contributed by atoms with van der Waals surface area (Å²) < 4.78 is 60.9. The van der Waals surface area contributed by atoms with Gasteiger partial charge in [0.1, 0.15) is 5.75 Å². The van der Waals surface area contributed by atoms with Gasteiger partial charge >= 0.3 is 6.61 Å². The van der Waals surface area contributed by atoms with Crippen molar-refractivity contribution in [3.8, 4) is 34.5 Å². The topological polar surface area (TPSA) is 82.3 Å². The summed E-state index contributed by atoms with van der Waals surface area (Å²) >= 11 is 0. The number of halogens is 4. The van der Waals surface area contributed by atoms with E-state index in [2.05, 4.69) is 19.7 Å². The Bertz CT molecular complexity index is 1310. The Labute approximate surface area is 185 Å². The zero-order valence-electron chi connectivity index (χ0n) is 17.5. The monoisotopic (exact) mass is 462 g/mol. The molecule has 11 heteroatoms. The van der Waals surface area contributed by atoms with Gasteiger partial charge in [-0.15, -0.1) is 0 Å². The van der Waals surface area contributed by atoms with Gasteiger partial charge in [0.05, 0.1) is 28.5 Å². The first-order chi connectivity index (χ1) is 15.7. The summed E-state index contributed by atoms with van der Waals surface area (Å²) in [6.07, 6.45) is 1.37. The summed E-state index contributed by atoms with van der Waals surface area (Å²) in [5, 5.41) is 11.4. The predicted octanol–water partition coefficient (Wildman–Crippen LogP) is 5.05. The van der Waals surface area contributed by atoms with Crippen molar-refractivity contribution in [2.24, 2.45) is 0 Å². The zero-order valence-corrected chi connectivity index (χ0v) is 17.5. The van der Waals surface area contributed by atoms with Crippen LogP contribution in [0.4, 0.5) is 17.6 Å². The van der Waals surface area contributed by atoms with Gasteiger partial charge in [-0.1, -0.05) is 0 Å². The Morgan fingerprint density at radius 1 is 1.09 bits per heavy atom. The average Bonchev–Trinajstić information content (AvgIpc) is 3.02. The lowest BCUT2D eigenvalue weighted by Crippen LogP contribution is -2.08. The van der Waals surface area contributed by atoms with E-state index >= 15 is 0 Å². The molecule has 1 N–H and O–H groups in total. The molecule has 0 amide bonds. The number of aromatic hydroxyl groups is 1. The molecule has 0 atom stereocenters. The van der Waals surface area contributed by atoms with Crippen LogP contribution in [0, 0.1) is 13.8 Å². The number of rotatable bonds is 7. The van der Waals surface area contributed by atoms with Crippen LogP contribution in [0.1, 0.15) is 11.3 Å². The predicted molar refractivity (Wildman–Crippen MR) is 111 cm³/mol. The first-order valence-corrected chi connectivity index (χ1v) is 9.73. The van der Waals surface area contributed by atoms with Crippen molar-refractivity contribution in [2.45, 2.75) is 26.9 Å². The zero-order chi connectivity index (χ0) is 23.7. The Morgan fingerprint density at radius 2 is 1.88 bits per heavy atom. The Balaban J connectivity index is 1.80. The van der Waals surface area contributed by atoms with E-state index in [1.807, 2.05) is 0 Å². The van der Waals surface area contributed by atoms with Crippen molar-refractivity contribution in [3.63, 3.8) is 0 Å². The van der Waals surface area contributed by atoms with Crippen LogP contribution in [0.2, 0.25) is 0 Å². The number of ether oxygens (including phenoxy) is 2.